The van der Waals surface area contributed by atoms with Crippen LogP contribution >= 0.6 is 11.3 Å². The molecule has 0 saturated heterocycles. The minimum Gasteiger partial charge on any atom is -0.347 e. The number of benzene rings is 1. The zero-order valence-electron chi connectivity index (χ0n) is 13.1. The second-order valence-electron chi connectivity index (χ2n) is 5.49. The first kappa shape index (κ1) is 15.4. The van der Waals surface area contributed by atoms with E-state index < -0.39 is 5.92 Å². The molecule has 0 amide bonds. The monoisotopic (exact) mass is 323 g/mol. The molecule has 2 heterocycles. The van der Waals surface area contributed by atoms with Crippen LogP contribution < -0.4 is 0 Å². The van der Waals surface area contributed by atoms with E-state index in [0.29, 0.717) is 5.01 Å². The third kappa shape index (κ3) is 2.90. The maximum absolute atomic E-state index is 12.6. The molecule has 0 unspecified atom stereocenters. The van der Waals surface area contributed by atoms with Crippen LogP contribution in [-0.4, -0.2) is 15.3 Å². The van der Waals surface area contributed by atoms with Gasteiger partial charge in [0, 0.05) is 41.1 Å². The highest BCUT2D eigenvalue weighted by Crippen LogP contribution is 2.26. The molecule has 0 fully saturated rings. The van der Waals surface area contributed by atoms with E-state index in [9.17, 15) is 10.1 Å². The zero-order chi connectivity index (χ0) is 16.4. The maximum Gasteiger partial charge on any atom is 0.161 e. The summed E-state index contributed by atoms with van der Waals surface area (Å²) in [5, 5.41) is 12.9. The summed E-state index contributed by atoms with van der Waals surface area (Å²) < 4.78 is 2.13. The van der Waals surface area contributed by atoms with E-state index in [4.69, 9.17) is 0 Å². The fraction of sp³-hybridized carbons (Fsp3) is 0.278. The van der Waals surface area contributed by atoms with Gasteiger partial charge in [-0.05, 0) is 25.5 Å². The molecule has 2 aromatic heterocycles. The number of fused-ring (bicyclic) bond motifs is 1. The van der Waals surface area contributed by atoms with Crippen LogP contribution in [0.3, 0.4) is 0 Å². The summed E-state index contributed by atoms with van der Waals surface area (Å²) in [6, 6.07) is 10.2. The Labute approximate surface area is 139 Å². The summed E-state index contributed by atoms with van der Waals surface area (Å²) in [7, 11) is 0. The first-order valence-corrected chi connectivity index (χ1v) is 8.43. The molecule has 1 atom stereocenters. The Balaban J connectivity index is 1.92. The van der Waals surface area contributed by atoms with Crippen molar-refractivity contribution in [3.05, 3.63) is 52.1 Å². The van der Waals surface area contributed by atoms with E-state index in [-0.39, 0.29) is 12.2 Å². The molecular weight excluding hydrogens is 306 g/mol. The highest BCUT2D eigenvalue weighted by atomic mass is 32.1. The Morgan fingerprint density at radius 2 is 2.22 bits per heavy atom. The van der Waals surface area contributed by atoms with Gasteiger partial charge in [0.25, 0.3) is 0 Å². The Morgan fingerprint density at radius 1 is 1.43 bits per heavy atom. The summed E-state index contributed by atoms with van der Waals surface area (Å²) in [6.45, 7) is 4.80. The van der Waals surface area contributed by atoms with Gasteiger partial charge >= 0.3 is 0 Å². The number of carbonyl (C=O) groups is 1. The third-order valence-electron chi connectivity index (χ3n) is 3.91. The van der Waals surface area contributed by atoms with Gasteiger partial charge in [0.15, 0.2) is 11.7 Å². The first-order chi connectivity index (χ1) is 11.1. The summed E-state index contributed by atoms with van der Waals surface area (Å²) in [5.74, 6) is -0.877. The normalized spacial score (nSPS) is 12.2. The van der Waals surface area contributed by atoms with Crippen LogP contribution in [0.15, 0.2) is 35.8 Å². The minimum absolute atomic E-state index is 0.0964. The number of thiazole rings is 1. The van der Waals surface area contributed by atoms with Crippen LogP contribution in [0.5, 0.6) is 0 Å². The number of carbonyl (C=O) groups excluding carboxylic acids is 1. The summed E-state index contributed by atoms with van der Waals surface area (Å²) in [5.41, 5.74) is 2.94. The van der Waals surface area contributed by atoms with Crippen LogP contribution in [0.4, 0.5) is 0 Å². The van der Waals surface area contributed by atoms with Crippen molar-refractivity contribution in [3.63, 3.8) is 0 Å². The lowest BCUT2D eigenvalue weighted by molar-refractivity contribution is -0.118. The number of aromatic nitrogens is 2. The molecule has 0 bridgehead atoms. The van der Waals surface area contributed by atoms with Gasteiger partial charge < -0.3 is 4.57 Å². The van der Waals surface area contributed by atoms with E-state index >= 15 is 0 Å². The van der Waals surface area contributed by atoms with E-state index in [0.717, 1.165) is 28.7 Å². The van der Waals surface area contributed by atoms with Crippen molar-refractivity contribution < 1.29 is 4.79 Å². The van der Waals surface area contributed by atoms with Crippen molar-refractivity contribution in [1.29, 1.82) is 5.26 Å². The van der Waals surface area contributed by atoms with E-state index in [2.05, 4.69) is 28.6 Å². The standard InChI is InChI=1S/C18H17N3OS/c1-3-21-10-13(14-6-4-5-7-16(14)21)8-17(22)15(9-19)18-20-12(2)11-23-18/h4-7,10-11,15H,3,8H2,1-2H3/t15-/m1/s1. The quantitative estimate of drug-likeness (QED) is 0.716. The number of nitriles is 1. The van der Waals surface area contributed by atoms with Crippen molar-refractivity contribution in [1.82, 2.24) is 9.55 Å². The molecule has 4 nitrogen and oxygen atoms in total. The Bertz CT molecular complexity index is 901. The van der Waals surface area contributed by atoms with Crippen molar-refractivity contribution in [3.8, 4) is 6.07 Å². The first-order valence-electron chi connectivity index (χ1n) is 7.55. The van der Waals surface area contributed by atoms with Crippen LogP contribution in [0.2, 0.25) is 0 Å². The number of rotatable bonds is 5. The van der Waals surface area contributed by atoms with Crippen molar-refractivity contribution in [2.75, 3.05) is 0 Å². The van der Waals surface area contributed by atoms with Gasteiger partial charge in [-0.1, -0.05) is 18.2 Å². The molecule has 3 aromatic rings. The SMILES string of the molecule is CCn1cc(CC(=O)[C@@H](C#N)c2nc(C)cs2)c2ccccc21. The lowest BCUT2D eigenvalue weighted by Gasteiger charge is -2.04. The van der Waals surface area contributed by atoms with Crippen molar-refractivity contribution in [2.45, 2.75) is 32.7 Å². The molecule has 0 aliphatic heterocycles. The molecule has 0 saturated carbocycles. The highest BCUT2D eigenvalue weighted by Gasteiger charge is 2.24. The van der Waals surface area contributed by atoms with Crippen LogP contribution in [0.25, 0.3) is 10.9 Å². The molecule has 0 radical (unpaired) electrons. The minimum atomic E-state index is -0.780. The second kappa shape index (κ2) is 6.35. The maximum atomic E-state index is 12.6. The molecule has 23 heavy (non-hydrogen) atoms. The fourth-order valence-corrected chi connectivity index (χ4v) is 3.65. The molecular formula is C18H17N3OS. The highest BCUT2D eigenvalue weighted by molar-refractivity contribution is 7.09. The van der Waals surface area contributed by atoms with Crippen LogP contribution in [0, 0.1) is 18.3 Å². The van der Waals surface area contributed by atoms with E-state index in [1.54, 1.807) is 0 Å². The number of aryl methyl sites for hydroxylation is 2. The Kier molecular flexibility index (Phi) is 4.26. The zero-order valence-corrected chi connectivity index (χ0v) is 13.9. The molecule has 5 heteroatoms. The van der Waals surface area contributed by atoms with Gasteiger partial charge in [-0.15, -0.1) is 11.3 Å². The van der Waals surface area contributed by atoms with E-state index in [1.807, 2.05) is 36.7 Å². The number of hydrogen-bond donors (Lipinski definition) is 0. The number of Topliss-reactive ketones (excluding diaryl/α,β-unsaturated/α-hetero) is 1. The molecule has 0 aliphatic rings. The van der Waals surface area contributed by atoms with Gasteiger partial charge in [-0.3, -0.25) is 4.79 Å². The number of para-hydroxylation sites is 1. The van der Waals surface area contributed by atoms with Gasteiger partial charge in [-0.2, -0.15) is 5.26 Å². The van der Waals surface area contributed by atoms with Crippen molar-refractivity contribution >= 4 is 28.0 Å². The third-order valence-corrected chi connectivity index (χ3v) is 4.94. The lowest BCUT2D eigenvalue weighted by atomic mass is 9.99. The summed E-state index contributed by atoms with van der Waals surface area (Å²) in [4.78, 5) is 16.9. The molecule has 0 spiro atoms. The topological polar surface area (TPSA) is 58.7 Å². The number of hydrogen-bond acceptors (Lipinski definition) is 4. The molecule has 3 rings (SSSR count). The number of ketones is 1. The predicted molar refractivity (Wildman–Crippen MR) is 91.5 cm³/mol. The van der Waals surface area contributed by atoms with Crippen LogP contribution in [0.1, 0.15) is 29.1 Å². The van der Waals surface area contributed by atoms with Crippen LogP contribution in [-0.2, 0) is 17.8 Å². The largest absolute Gasteiger partial charge is 0.347 e. The average Bonchev–Trinajstić information content (AvgIpc) is 3.13. The van der Waals surface area contributed by atoms with E-state index in [1.165, 1.54) is 11.3 Å². The summed E-state index contributed by atoms with van der Waals surface area (Å²) >= 11 is 1.37. The molecule has 0 aliphatic carbocycles. The molecule has 0 N–H and O–H groups in total. The van der Waals surface area contributed by atoms with Gasteiger partial charge in [0.1, 0.15) is 5.01 Å². The number of nitrogens with zero attached hydrogens (tertiary/aromatic N) is 3. The predicted octanol–water partition coefficient (Wildman–Crippen LogP) is 3.85. The second-order valence-corrected chi connectivity index (χ2v) is 6.38. The molecule has 116 valence electrons. The smallest absolute Gasteiger partial charge is 0.161 e. The van der Waals surface area contributed by atoms with Gasteiger partial charge in [-0.25, -0.2) is 4.98 Å². The fourth-order valence-electron chi connectivity index (χ4n) is 2.78. The Morgan fingerprint density at radius 3 is 2.87 bits per heavy atom. The lowest BCUT2D eigenvalue weighted by Crippen LogP contribution is -2.13. The van der Waals surface area contributed by atoms with Gasteiger partial charge in [0.2, 0.25) is 0 Å². The average molecular weight is 323 g/mol. The molecule has 1 aromatic carbocycles. The summed E-state index contributed by atoms with van der Waals surface area (Å²) in [6.07, 6.45) is 2.27. The Hall–Kier alpha value is -2.45. The van der Waals surface area contributed by atoms with Gasteiger partial charge in [0.05, 0.1) is 6.07 Å². The van der Waals surface area contributed by atoms with Crippen molar-refractivity contribution in [2.24, 2.45) is 0 Å².